The molecular formula is C23H22N2O4S. The molecule has 0 saturated carbocycles. The first-order valence-electron chi connectivity index (χ1n) is 9.48. The molecule has 6 nitrogen and oxygen atoms in total. The van der Waals surface area contributed by atoms with Crippen LogP contribution in [0.3, 0.4) is 0 Å². The zero-order valence-corrected chi connectivity index (χ0v) is 17.4. The lowest BCUT2D eigenvalue weighted by Gasteiger charge is -2.12. The van der Waals surface area contributed by atoms with E-state index >= 15 is 0 Å². The van der Waals surface area contributed by atoms with Crippen molar-refractivity contribution in [2.75, 3.05) is 18.5 Å². The van der Waals surface area contributed by atoms with Crippen molar-refractivity contribution in [2.45, 2.75) is 13.3 Å². The molecule has 30 heavy (non-hydrogen) atoms. The second-order valence-corrected chi connectivity index (χ2v) is 7.50. The van der Waals surface area contributed by atoms with Crippen LogP contribution < -0.4 is 10.1 Å². The van der Waals surface area contributed by atoms with Gasteiger partial charge in [-0.15, -0.1) is 0 Å². The van der Waals surface area contributed by atoms with Gasteiger partial charge < -0.3 is 10.1 Å². The number of carbonyl (C=O) groups excluding carboxylic acids is 3. The molecule has 0 atom stereocenters. The van der Waals surface area contributed by atoms with Crippen LogP contribution in [-0.4, -0.2) is 35.1 Å². The third-order valence-electron chi connectivity index (χ3n) is 4.38. The summed E-state index contributed by atoms with van der Waals surface area (Å²) >= 11 is 0.805. The summed E-state index contributed by atoms with van der Waals surface area (Å²) in [5.41, 5.74) is 2.44. The maximum absolute atomic E-state index is 12.7. The van der Waals surface area contributed by atoms with Gasteiger partial charge in [0.25, 0.3) is 11.1 Å². The Morgan fingerprint density at radius 2 is 1.90 bits per heavy atom. The van der Waals surface area contributed by atoms with Gasteiger partial charge in [0.2, 0.25) is 5.91 Å². The van der Waals surface area contributed by atoms with Crippen LogP contribution in [-0.2, 0) is 16.0 Å². The van der Waals surface area contributed by atoms with Gasteiger partial charge in [-0.2, -0.15) is 0 Å². The third kappa shape index (κ3) is 5.18. The van der Waals surface area contributed by atoms with E-state index in [1.54, 1.807) is 36.4 Å². The van der Waals surface area contributed by atoms with Crippen LogP contribution >= 0.6 is 11.8 Å². The number of carbonyl (C=O) groups is 3. The second-order valence-electron chi connectivity index (χ2n) is 6.50. The molecule has 1 aliphatic rings. The lowest BCUT2D eigenvalue weighted by molar-refractivity contribution is -0.127. The molecule has 0 bridgehead atoms. The third-order valence-corrected chi connectivity index (χ3v) is 5.29. The molecule has 0 spiro atoms. The monoisotopic (exact) mass is 422 g/mol. The number of para-hydroxylation sites is 1. The molecule has 7 heteroatoms. The predicted octanol–water partition coefficient (Wildman–Crippen LogP) is 4.49. The molecule has 0 aromatic heterocycles. The molecule has 1 saturated heterocycles. The normalized spacial score (nSPS) is 14.8. The first-order chi connectivity index (χ1) is 14.5. The van der Waals surface area contributed by atoms with Crippen molar-refractivity contribution in [1.82, 2.24) is 4.90 Å². The van der Waals surface area contributed by atoms with Gasteiger partial charge in [0, 0.05) is 11.3 Å². The number of hydrogen-bond acceptors (Lipinski definition) is 5. The number of amides is 3. The number of imide groups is 1. The molecule has 0 unspecified atom stereocenters. The number of benzene rings is 2. The van der Waals surface area contributed by atoms with Crippen molar-refractivity contribution in [2.24, 2.45) is 0 Å². The number of nitrogens with one attached hydrogen (secondary N) is 1. The number of nitrogens with zero attached hydrogens (tertiary/aromatic N) is 1. The van der Waals surface area contributed by atoms with Crippen LogP contribution in [0.15, 0.2) is 66.1 Å². The lowest BCUT2D eigenvalue weighted by atomic mass is 10.1. The topological polar surface area (TPSA) is 75.7 Å². The highest BCUT2D eigenvalue weighted by molar-refractivity contribution is 8.18. The van der Waals surface area contributed by atoms with Gasteiger partial charge in [0.15, 0.2) is 0 Å². The van der Waals surface area contributed by atoms with Crippen molar-refractivity contribution >= 4 is 40.6 Å². The van der Waals surface area contributed by atoms with E-state index in [4.69, 9.17) is 4.74 Å². The fourth-order valence-electron chi connectivity index (χ4n) is 2.83. The minimum atomic E-state index is -0.500. The summed E-state index contributed by atoms with van der Waals surface area (Å²) in [6.07, 6.45) is 4.13. The van der Waals surface area contributed by atoms with E-state index in [9.17, 15) is 14.4 Å². The SMILES string of the molecule is C=CCOc1ccccc1/C=C1\SC(=O)N(CC(=O)Nc2ccc(CC)cc2)C1=O. The van der Waals surface area contributed by atoms with Crippen molar-refractivity contribution in [3.05, 3.63) is 77.2 Å². The molecule has 1 fully saturated rings. The van der Waals surface area contributed by atoms with E-state index in [1.165, 1.54) is 0 Å². The molecular weight excluding hydrogens is 400 g/mol. The van der Waals surface area contributed by atoms with E-state index in [0.29, 0.717) is 23.6 Å². The van der Waals surface area contributed by atoms with E-state index < -0.39 is 17.1 Å². The van der Waals surface area contributed by atoms with Crippen LogP contribution in [0.25, 0.3) is 6.08 Å². The lowest BCUT2D eigenvalue weighted by Crippen LogP contribution is -2.36. The van der Waals surface area contributed by atoms with E-state index in [0.717, 1.165) is 28.6 Å². The highest BCUT2D eigenvalue weighted by Crippen LogP contribution is 2.33. The van der Waals surface area contributed by atoms with E-state index in [-0.39, 0.29) is 11.4 Å². The number of ether oxygens (including phenoxy) is 1. The zero-order valence-electron chi connectivity index (χ0n) is 16.6. The Labute approximate surface area is 179 Å². The molecule has 3 rings (SSSR count). The van der Waals surface area contributed by atoms with Gasteiger partial charge in [-0.05, 0) is 48.0 Å². The Hall–Kier alpha value is -3.32. The largest absolute Gasteiger partial charge is 0.489 e. The van der Waals surface area contributed by atoms with Gasteiger partial charge in [-0.3, -0.25) is 19.3 Å². The number of hydrogen-bond donors (Lipinski definition) is 1. The average molecular weight is 423 g/mol. The summed E-state index contributed by atoms with van der Waals surface area (Å²) in [5, 5.41) is 2.24. The number of anilines is 1. The average Bonchev–Trinajstić information content (AvgIpc) is 3.01. The number of aryl methyl sites for hydroxylation is 1. The van der Waals surface area contributed by atoms with E-state index in [1.807, 2.05) is 31.2 Å². The molecule has 2 aromatic carbocycles. The van der Waals surface area contributed by atoms with Gasteiger partial charge in [-0.1, -0.05) is 49.9 Å². The molecule has 2 aromatic rings. The van der Waals surface area contributed by atoms with Crippen molar-refractivity contribution < 1.29 is 19.1 Å². The highest BCUT2D eigenvalue weighted by Gasteiger charge is 2.36. The molecule has 154 valence electrons. The summed E-state index contributed by atoms with van der Waals surface area (Å²) < 4.78 is 5.59. The van der Waals surface area contributed by atoms with Crippen molar-refractivity contribution in [3.8, 4) is 5.75 Å². The Morgan fingerprint density at radius 3 is 2.60 bits per heavy atom. The summed E-state index contributed by atoms with van der Waals surface area (Å²) in [6, 6.07) is 14.6. The van der Waals surface area contributed by atoms with Gasteiger partial charge in [-0.25, -0.2) is 0 Å². The van der Waals surface area contributed by atoms with Gasteiger partial charge in [0.1, 0.15) is 18.9 Å². The highest BCUT2D eigenvalue weighted by atomic mass is 32.2. The van der Waals surface area contributed by atoms with Crippen molar-refractivity contribution in [1.29, 1.82) is 0 Å². The first kappa shape index (κ1) is 21.4. The smallest absolute Gasteiger partial charge is 0.294 e. The summed E-state index contributed by atoms with van der Waals surface area (Å²) in [7, 11) is 0. The second kappa shape index (κ2) is 9.93. The van der Waals surface area contributed by atoms with Gasteiger partial charge in [0.05, 0.1) is 4.91 Å². The molecule has 1 N–H and O–H groups in total. The fourth-order valence-corrected chi connectivity index (χ4v) is 3.65. The van der Waals surface area contributed by atoms with Gasteiger partial charge >= 0.3 is 0 Å². The summed E-state index contributed by atoms with van der Waals surface area (Å²) in [5.74, 6) is -0.352. The zero-order chi connectivity index (χ0) is 21.5. The Morgan fingerprint density at radius 1 is 1.17 bits per heavy atom. The maximum Gasteiger partial charge on any atom is 0.294 e. The van der Waals surface area contributed by atoms with Crippen molar-refractivity contribution in [3.63, 3.8) is 0 Å². The Bertz CT molecular complexity index is 999. The minimum absolute atomic E-state index is 0.245. The molecule has 3 amide bonds. The van der Waals surface area contributed by atoms with Crippen LogP contribution in [0.1, 0.15) is 18.1 Å². The summed E-state index contributed by atoms with van der Waals surface area (Å²) in [6.45, 7) is 5.65. The van der Waals surface area contributed by atoms with Crippen LogP contribution in [0, 0.1) is 0 Å². The Kier molecular flexibility index (Phi) is 7.08. The Balaban J connectivity index is 1.69. The quantitative estimate of drug-likeness (QED) is 0.501. The first-order valence-corrected chi connectivity index (χ1v) is 10.3. The molecule has 0 aliphatic carbocycles. The van der Waals surface area contributed by atoms with E-state index in [2.05, 4.69) is 11.9 Å². The summed E-state index contributed by atoms with van der Waals surface area (Å²) in [4.78, 5) is 38.5. The number of rotatable bonds is 8. The minimum Gasteiger partial charge on any atom is -0.489 e. The van der Waals surface area contributed by atoms with Crippen LogP contribution in [0.4, 0.5) is 10.5 Å². The number of thioether (sulfide) groups is 1. The van der Waals surface area contributed by atoms with Crippen LogP contribution in [0.5, 0.6) is 5.75 Å². The predicted molar refractivity (Wildman–Crippen MR) is 119 cm³/mol. The molecule has 1 aliphatic heterocycles. The maximum atomic E-state index is 12.7. The molecule has 0 radical (unpaired) electrons. The van der Waals surface area contributed by atoms with Crippen LogP contribution in [0.2, 0.25) is 0 Å². The fraction of sp³-hybridized carbons (Fsp3) is 0.174. The molecule has 1 heterocycles. The standard InChI is InChI=1S/C23H22N2O4S/c1-3-13-29-19-8-6-5-7-17(19)14-20-22(27)25(23(28)30-20)15-21(26)24-18-11-9-16(4-2)10-12-18/h3,5-12,14H,1,4,13,15H2,2H3,(H,24,26)/b20-14-.